The van der Waals surface area contributed by atoms with Crippen LogP contribution in [0.3, 0.4) is 0 Å². The summed E-state index contributed by atoms with van der Waals surface area (Å²) in [5.74, 6) is -0.955. The van der Waals surface area contributed by atoms with Crippen molar-refractivity contribution in [1.82, 2.24) is 20.2 Å². The molecule has 49 heavy (non-hydrogen) atoms. The maximum atomic E-state index is 13.3. The molecule has 13 heteroatoms. The van der Waals surface area contributed by atoms with Gasteiger partial charge in [-0.05, 0) is 61.1 Å². The Labute approximate surface area is 286 Å². The number of hydrogen-bond acceptors (Lipinski definition) is 9. The van der Waals surface area contributed by atoms with Crippen molar-refractivity contribution in [3.63, 3.8) is 0 Å². The monoisotopic (exact) mass is 687 g/mol. The fourth-order valence-corrected chi connectivity index (χ4v) is 6.67. The van der Waals surface area contributed by atoms with Crippen molar-refractivity contribution in [1.29, 1.82) is 0 Å². The lowest BCUT2D eigenvalue weighted by atomic mass is 10.00. The first-order valence-electron chi connectivity index (χ1n) is 16.0. The zero-order valence-corrected chi connectivity index (χ0v) is 28.7. The van der Waals surface area contributed by atoms with Crippen LogP contribution >= 0.6 is 0 Å². The summed E-state index contributed by atoms with van der Waals surface area (Å²) >= 11 is 0. The van der Waals surface area contributed by atoms with Crippen LogP contribution in [0.15, 0.2) is 83.8 Å². The third-order valence-corrected chi connectivity index (χ3v) is 9.39. The minimum Gasteiger partial charge on any atom is -0.478 e. The van der Waals surface area contributed by atoms with Gasteiger partial charge in [0, 0.05) is 36.8 Å². The molecule has 1 fully saturated rings. The summed E-state index contributed by atoms with van der Waals surface area (Å²) < 4.78 is 40.8. The first-order valence-corrected chi connectivity index (χ1v) is 17.5. The average molecular weight is 688 g/mol. The van der Waals surface area contributed by atoms with Gasteiger partial charge in [-0.15, -0.1) is 0 Å². The number of rotatable bonds is 14. The summed E-state index contributed by atoms with van der Waals surface area (Å²) in [4.78, 5) is 34.4. The van der Waals surface area contributed by atoms with Gasteiger partial charge in [0.1, 0.15) is 13.2 Å². The molecule has 1 aromatic heterocycles. The molecule has 3 N–H and O–H groups in total. The molecule has 4 aromatic rings. The molecule has 0 saturated carbocycles. The van der Waals surface area contributed by atoms with Crippen molar-refractivity contribution in [2.75, 3.05) is 24.4 Å². The summed E-state index contributed by atoms with van der Waals surface area (Å²) in [5, 5.41) is 13.0. The van der Waals surface area contributed by atoms with Crippen LogP contribution in [0.4, 0.5) is 10.7 Å². The Morgan fingerprint density at radius 2 is 1.65 bits per heavy atom. The number of hydrogen-bond donors (Lipinski definition) is 3. The molecule has 0 bridgehead atoms. The summed E-state index contributed by atoms with van der Waals surface area (Å²) in [6, 6.07) is 22.0. The lowest BCUT2D eigenvalue weighted by molar-refractivity contribution is 0.0546. The van der Waals surface area contributed by atoms with E-state index in [9.17, 15) is 23.1 Å². The SMILES string of the molecule is Cc1cccc(C)c1-c1cc(OCC(CC(C)C)NC2CN(C(=O)OCc3ccccc3)C2)nc(NS(=O)(=O)c2cccc(C(=O)O)c2)n1. The number of benzene rings is 3. The lowest BCUT2D eigenvalue weighted by Gasteiger charge is -2.40. The molecule has 1 atom stereocenters. The van der Waals surface area contributed by atoms with Crippen molar-refractivity contribution in [2.45, 2.75) is 57.7 Å². The molecular formula is C36H41N5O7S. The number of nitrogens with zero attached hydrogens (tertiary/aromatic N) is 3. The van der Waals surface area contributed by atoms with Gasteiger partial charge >= 0.3 is 12.1 Å². The molecule has 3 aromatic carbocycles. The largest absolute Gasteiger partial charge is 0.478 e. The number of aromatic carboxylic acids is 1. The molecule has 1 aliphatic rings. The number of carboxylic acid groups (broad SMARTS) is 1. The van der Waals surface area contributed by atoms with Gasteiger partial charge in [-0.3, -0.25) is 0 Å². The van der Waals surface area contributed by atoms with Gasteiger partial charge in [-0.2, -0.15) is 4.98 Å². The normalized spacial score (nSPS) is 13.9. The Hall–Kier alpha value is -5.01. The highest BCUT2D eigenvalue weighted by molar-refractivity contribution is 7.92. The van der Waals surface area contributed by atoms with E-state index in [2.05, 4.69) is 33.9 Å². The van der Waals surface area contributed by atoms with Gasteiger partial charge in [-0.1, -0.05) is 68.4 Å². The highest BCUT2D eigenvalue weighted by Crippen LogP contribution is 2.29. The molecule has 1 aliphatic heterocycles. The van der Waals surface area contributed by atoms with E-state index in [-0.39, 0.29) is 53.7 Å². The second-order valence-electron chi connectivity index (χ2n) is 12.6. The van der Waals surface area contributed by atoms with Crippen molar-refractivity contribution in [2.24, 2.45) is 5.92 Å². The van der Waals surface area contributed by atoms with Crippen molar-refractivity contribution < 1.29 is 32.6 Å². The fraction of sp³-hybridized carbons (Fsp3) is 0.333. The van der Waals surface area contributed by atoms with Gasteiger partial charge in [0.15, 0.2) is 0 Å². The maximum Gasteiger partial charge on any atom is 0.410 e. The number of carboxylic acids is 1. The highest BCUT2D eigenvalue weighted by Gasteiger charge is 2.33. The van der Waals surface area contributed by atoms with E-state index in [1.165, 1.54) is 18.2 Å². The number of carbonyl (C=O) groups is 2. The molecule has 0 aliphatic carbocycles. The standard InChI is InChI=1S/C36H41N5O7S/c1-23(2)16-28(37-29-19-41(20-29)36(44)48-21-26-12-6-5-7-13-26)22-47-32-18-31(33-24(3)10-8-11-25(33)4)38-35(39-32)40-49(45,46)30-15-9-14-27(17-30)34(42)43/h5-15,17-18,23,28-29,37H,16,19-22H2,1-4H3,(H,42,43)(H,38,39,40). The average Bonchev–Trinajstić information content (AvgIpc) is 3.04. The second kappa shape index (κ2) is 15.5. The minimum atomic E-state index is -4.25. The molecule has 1 amide bonds. The van der Waals surface area contributed by atoms with E-state index in [1.54, 1.807) is 11.0 Å². The Morgan fingerprint density at radius 3 is 2.33 bits per heavy atom. The zero-order chi connectivity index (χ0) is 35.1. The van der Waals surface area contributed by atoms with Crippen LogP contribution in [0.2, 0.25) is 0 Å². The van der Waals surface area contributed by atoms with Crippen LogP contribution in [0.1, 0.15) is 47.3 Å². The third-order valence-electron chi connectivity index (χ3n) is 8.06. The predicted octanol–water partition coefficient (Wildman–Crippen LogP) is 5.66. The highest BCUT2D eigenvalue weighted by atomic mass is 32.2. The smallest absolute Gasteiger partial charge is 0.410 e. The van der Waals surface area contributed by atoms with E-state index < -0.39 is 16.0 Å². The maximum absolute atomic E-state index is 13.3. The third kappa shape index (κ3) is 9.33. The molecule has 0 radical (unpaired) electrons. The summed E-state index contributed by atoms with van der Waals surface area (Å²) in [6.45, 7) is 9.54. The molecule has 12 nitrogen and oxygen atoms in total. The molecule has 5 rings (SSSR count). The fourth-order valence-electron chi connectivity index (χ4n) is 5.68. The summed E-state index contributed by atoms with van der Waals surface area (Å²) in [5.41, 5.74) is 3.91. The number of sulfonamides is 1. The second-order valence-corrected chi connectivity index (χ2v) is 14.2. The molecule has 0 spiro atoms. The van der Waals surface area contributed by atoms with E-state index in [0.717, 1.165) is 34.7 Å². The van der Waals surface area contributed by atoms with Gasteiger partial charge in [0.2, 0.25) is 11.8 Å². The molecule has 2 heterocycles. The lowest BCUT2D eigenvalue weighted by Crippen LogP contribution is -2.62. The van der Waals surface area contributed by atoms with Crippen LogP contribution in [0, 0.1) is 19.8 Å². The quantitative estimate of drug-likeness (QED) is 0.151. The molecular weight excluding hydrogens is 646 g/mol. The van der Waals surface area contributed by atoms with Gasteiger partial charge < -0.3 is 24.8 Å². The van der Waals surface area contributed by atoms with Crippen molar-refractivity contribution in [3.05, 3.63) is 101 Å². The Morgan fingerprint density at radius 1 is 0.959 bits per heavy atom. The van der Waals surface area contributed by atoms with Gasteiger partial charge in [0.05, 0.1) is 16.2 Å². The van der Waals surface area contributed by atoms with Gasteiger partial charge in [0.25, 0.3) is 10.0 Å². The molecule has 258 valence electrons. The van der Waals surface area contributed by atoms with E-state index >= 15 is 0 Å². The van der Waals surface area contributed by atoms with E-state index in [4.69, 9.17) is 9.47 Å². The number of amides is 1. The van der Waals surface area contributed by atoms with Gasteiger partial charge in [-0.25, -0.2) is 27.7 Å². The number of aromatic nitrogens is 2. The number of ether oxygens (including phenoxy) is 2. The Balaban J connectivity index is 1.31. The number of carbonyl (C=O) groups excluding carboxylic acids is 1. The van der Waals surface area contributed by atoms with Crippen molar-refractivity contribution in [3.8, 4) is 17.1 Å². The van der Waals surface area contributed by atoms with E-state index in [0.29, 0.717) is 24.7 Å². The zero-order valence-electron chi connectivity index (χ0n) is 27.9. The van der Waals surface area contributed by atoms with E-state index in [1.807, 2.05) is 62.4 Å². The predicted molar refractivity (Wildman–Crippen MR) is 185 cm³/mol. The molecule has 1 saturated heterocycles. The number of aryl methyl sites for hydroxylation is 2. The van der Waals surface area contributed by atoms with Crippen molar-refractivity contribution >= 4 is 28.0 Å². The summed E-state index contributed by atoms with van der Waals surface area (Å²) in [6.07, 6.45) is 0.423. The Kier molecular flexibility index (Phi) is 11.1. The van der Waals surface area contributed by atoms with Crippen LogP contribution in [-0.4, -0.2) is 72.2 Å². The van der Waals surface area contributed by atoms with Crippen LogP contribution < -0.4 is 14.8 Å². The first-order chi connectivity index (χ1) is 23.4. The van der Waals surface area contributed by atoms with Crippen LogP contribution in [0.25, 0.3) is 11.3 Å². The number of likely N-dealkylation sites (tertiary alicyclic amines) is 1. The Bertz CT molecular complexity index is 1880. The number of nitrogens with one attached hydrogen (secondary N) is 2. The summed E-state index contributed by atoms with van der Waals surface area (Å²) in [7, 11) is -4.25. The van der Waals surface area contributed by atoms with Crippen LogP contribution in [-0.2, 0) is 21.4 Å². The minimum absolute atomic E-state index is 0.0520. The topological polar surface area (TPSA) is 160 Å². The van der Waals surface area contributed by atoms with Crippen LogP contribution in [0.5, 0.6) is 5.88 Å². The number of anilines is 1. The molecule has 1 unspecified atom stereocenters. The first kappa shape index (κ1) is 35.3.